The van der Waals surface area contributed by atoms with Crippen LogP contribution < -0.4 is 10.1 Å². The van der Waals surface area contributed by atoms with Crippen molar-refractivity contribution in [3.05, 3.63) is 90.9 Å². The van der Waals surface area contributed by atoms with Gasteiger partial charge in [0.25, 0.3) is 5.91 Å². The zero-order valence-corrected chi connectivity index (χ0v) is 18.9. The minimum absolute atomic E-state index is 0.0525. The van der Waals surface area contributed by atoms with E-state index in [-0.39, 0.29) is 29.6 Å². The average molecular weight is 469 g/mol. The largest absolute Gasteiger partial charge is 0.497 e. The predicted molar refractivity (Wildman–Crippen MR) is 124 cm³/mol. The first-order valence-corrected chi connectivity index (χ1v) is 11.4. The summed E-state index contributed by atoms with van der Waals surface area (Å²) in [7, 11) is -2.16. The highest BCUT2D eigenvalue weighted by Gasteiger charge is 2.23. The lowest BCUT2D eigenvalue weighted by molar-refractivity contribution is 0.102. The predicted octanol–water partition coefficient (Wildman–Crippen LogP) is 3.28. The lowest BCUT2D eigenvalue weighted by Crippen LogP contribution is -2.31. The Morgan fingerprint density at radius 2 is 1.70 bits per heavy atom. The van der Waals surface area contributed by atoms with Gasteiger partial charge in [0.05, 0.1) is 18.4 Å². The second-order valence-corrected chi connectivity index (χ2v) is 8.84. The molecule has 3 aromatic rings. The number of carbonyl (C=O) groups excluding carboxylic acids is 1. The monoisotopic (exact) mass is 468 g/mol. The molecule has 172 valence electrons. The minimum atomic E-state index is -3.75. The smallest absolute Gasteiger partial charge is 0.322 e. The number of nitrogens with zero attached hydrogens (tertiary/aromatic N) is 3. The summed E-state index contributed by atoms with van der Waals surface area (Å²) in [5, 5.41) is 10.3. The molecule has 0 fully saturated rings. The Balaban J connectivity index is 1.66. The number of nitrogens with one attached hydrogen (secondary N) is 1. The summed E-state index contributed by atoms with van der Waals surface area (Å²) >= 11 is 0. The molecule has 3 rings (SSSR count). The molecule has 1 amide bonds. The van der Waals surface area contributed by atoms with Gasteiger partial charge in [-0.05, 0) is 42.0 Å². The van der Waals surface area contributed by atoms with Crippen molar-refractivity contribution in [2.24, 2.45) is 0 Å². The van der Waals surface area contributed by atoms with Crippen molar-refractivity contribution < 1.29 is 22.4 Å². The molecule has 33 heavy (non-hydrogen) atoms. The Morgan fingerprint density at radius 3 is 2.27 bits per heavy atom. The van der Waals surface area contributed by atoms with Crippen LogP contribution in [0.25, 0.3) is 0 Å². The Bertz CT molecular complexity index is 1210. The van der Waals surface area contributed by atoms with Crippen LogP contribution in [0.2, 0.25) is 0 Å². The maximum absolute atomic E-state index is 12.8. The molecular weight excluding hydrogens is 444 g/mol. The summed E-state index contributed by atoms with van der Waals surface area (Å²) in [5.41, 5.74) is 1.18. The fraction of sp³-hybridized carbons (Fsp3) is 0.174. The summed E-state index contributed by atoms with van der Waals surface area (Å²) in [5.74, 6) is 0.569. The number of rotatable bonds is 11. The van der Waals surface area contributed by atoms with Gasteiger partial charge >= 0.3 is 6.01 Å². The zero-order valence-electron chi connectivity index (χ0n) is 18.1. The van der Waals surface area contributed by atoms with Crippen LogP contribution >= 0.6 is 0 Å². The molecule has 0 aliphatic carbocycles. The summed E-state index contributed by atoms with van der Waals surface area (Å²) < 4.78 is 37.4. The fourth-order valence-corrected chi connectivity index (χ4v) is 4.33. The van der Waals surface area contributed by atoms with Crippen molar-refractivity contribution >= 4 is 21.9 Å². The summed E-state index contributed by atoms with van der Waals surface area (Å²) in [6, 6.07) is 12.9. The number of anilines is 1. The standard InChI is InChI=1S/C23H24N4O5S/c1-4-14-27(15-5-2)33(29,30)20-12-8-18(9-13-20)22(28)24-23-26-25-21(32-23)16-17-6-10-19(31-3)11-7-17/h4-13H,1-2,14-16H2,3H3,(H,24,26,28). The maximum Gasteiger partial charge on any atom is 0.322 e. The van der Waals surface area contributed by atoms with E-state index in [9.17, 15) is 13.2 Å². The molecule has 0 atom stereocenters. The number of hydrogen-bond acceptors (Lipinski definition) is 7. The van der Waals surface area contributed by atoms with Gasteiger partial charge in [0.1, 0.15) is 5.75 Å². The number of ether oxygens (including phenoxy) is 1. The van der Waals surface area contributed by atoms with Crippen molar-refractivity contribution in [2.75, 3.05) is 25.5 Å². The highest BCUT2D eigenvalue weighted by Crippen LogP contribution is 2.18. The van der Waals surface area contributed by atoms with Crippen LogP contribution in [0.5, 0.6) is 5.75 Å². The molecule has 0 aliphatic heterocycles. The number of hydrogen-bond donors (Lipinski definition) is 1. The number of aromatic nitrogens is 2. The van der Waals surface area contributed by atoms with Gasteiger partial charge in [0.2, 0.25) is 15.9 Å². The lowest BCUT2D eigenvalue weighted by Gasteiger charge is -2.19. The summed E-state index contributed by atoms with van der Waals surface area (Å²) in [6.07, 6.45) is 3.39. The normalized spacial score (nSPS) is 11.2. The van der Waals surface area contributed by atoms with Crippen LogP contribution in [0.15, 0.2) is 83.2 Å². The van der Waals surface area contributed by atoms with Crippen LogP contribution in [0.4, 0.5) is 6.01 Å². The molecule has 0 unspecified atom stereocenters. The van der Waals surface area contributed by atoms with E-state index in [2.05, 4.69) is 28.7 Å². The number of carbonyl (C=O) groups is 1. The fourth-order valence-electron chi connectivity index (χ4n) is 2.95. The van der Waals surface area contributed by atoms with Crippen LogP contribution in [0, 0.1) is 0 Å². The molecule has 1 aromatic heterocycles. The number of sulfonamides is 1. The molecule has 0 saturated heterocycles. The van der Waals surface area contributed by atoms with Crippen LogP contribution in [0.3, 0.4) is 0 Å². The van der Waals surface area contributed by atoms with Crippen molar-refractivity contribution in [3.63, 3.8) is 0 Å². The zero-order chi connectivity index (χ0) is 23.8. The van der Waals surface area contributed by atoms with Gasteiger partial charge in [0, 0.05) is 18.7 Å². The third kappa shape index (κ3) is 5.93. The van der Waals surface area contributed by atoms with E-state index in [1.165, 1.54) is 40.7 Å². The molecule has 1 N–H and O–H groups in total. The van der Waals surface area contributed by atoms with Gasteiger partial charge in [-0.3, -0.25) is 10.1 Å². The van der Waals surface area contributed by atoms with E-state index in [0.29, 0.717) is 12.3 Å². The van der Waals surface area contributed by atoms with Gasteiger partial charge in [-0.15, -0.1) is 18.3 Å². The Morgan fingerprint density at radius 1 is 1.06 bits per heavy atom. The van der Waals surface area contributed by atoms with E-state index in [4.69, 9.17) is 9.15 Å². The number of amides is 1. The van der Waals surface area contributed by atoms with Crippen LogP contribution in [-0.4, -0.2) is 49.0 Å². The molecule has 9 nitrogen and oxygen atoms in total. The third-order valence-electron chi connectivity index (χ3n) is 4.62. The van der Waals surface area contributed by atoms with Gasteiger partial charge < -0.3 is 9.15 Å². The number of benzene rings is 2. The third-order valence-corrected chi connectivity index (χ3v) is 6.47. The quantitative estimate of drug-likeness (QED) is 0.430. The first kappa shape index (κ1) is 23.9. The maximum atomic E-state index is 12.8. The first-order chi connectivity index (χ1) is 15.9. The topological polar surface area (TPSA) is 115 Å². The van der Waals surface area contributed by atoms with Crippen molar-refractivity contribution in [2.45, 2.75) is 11.3 Å². The van der Waals surface area contributed by atoms with Gasteiger partial charge in [-0.2, -0.15) is 4.31 Å². The molecule has 2 aromatic carbocycles. The first-order valence-electron chi connectivity index (χ1n) is 9.96. The second-order valence-electron chi connectivity index (χ2n) is 6.90. The van der Waals surface area contributed by atoms with E-state index < -0.39 is 15.9 Å². The molecule has 0 bridgehead atoms. The summed E-state index contributed by atoms with van der Waals surface area (Å²) in [4.78, 5) is 12.6. The molecule has 0 aliphatic rings. The number of methoxy groups -OCH3 is 1. The van der Waals surface area contributed by atoms with E-state index in [0.717, 1.165) is 11.3 Å². The second kappa shape index (κ2) is 10.7. The molecule has 0 spiro atoms. The molecule has 10 heteroatoms. The molecule has 0 saturated carbocycles. The average Bonchev–Trinajstić information content (AvgIpc) is 3.26. The van der Waals surface area contributed by atoms with Gasteiger partial charge in [-0.1, -0.05) is 29.4 Å². The molecule has 0 radical (unpaired) electrons. The van der Waals surface area contributed by atoms with Crippen molar-refractivity contribution in [1.29, 1.82) is 0 Å². The Hall–Kier alpha value is -3.76. The van der Waals surface area contributed by atoms with Gasteiger partial charge in [-0.25, -0.2) is 8.42 Å². The molecular formula is C23H24N4O5S. The van der Waals surface area contributed by atoms with Crippen molar-refractivity contribution in [1.82, 2.24) is 14.5 Å². The van der Waals surface area contributed by atoms with E-state index in [1.54, 1.807) is 7.11 Å². The Kier molecular flexibility index (Phi) is 7.75. The van der Waals surface area contributed by atoms with Crippen LogP contribution in [0.1, 0.15) is 21.8 Å². The highest BCUT2D eigenvalue weighted by atomic mass is 32.2. The minimum Gasteiger partial charge on any atom is -0.497 e. The lowest BCUT2D eigenvalue weighted by atomic mass is 10.1. The van der Waals surface area contributed by atoms with E-state index >= 15 is 0 Å². The molecule has 1 heterocycles. The van der Waals surface area contributed by atoms with Crippen LogP contribution in [-0.2, 0) is 16.4 Å². The summed E-state index contributed by atoms with van der Waals surface area (Å²) in [6.45, 7) is 7.45. The van der Waals surface area contributed by atoms with E-state index in [1.807, 2.05) is 24.3 Å². The highest BCUT2D eigenvalue weighted by molar-refractivity contribution is 7.89. The van der Waals surface area contributed by atoms with Gasteiger partial charge in [0.15, 0.2) is 0 Å². The SMILES string of the molecule is C=CCN(CC=C)S(=O)(=O)c1ccc(C(=O)Nc2nnc(Cc3ccc(OC)cc3)o2)cc1. The van der Waals surface area contributed by atoms with Crippen molar-refractivity contribution in [3.8, 4) is 5.75 Å². The Labute approximate surface area is 192 Å².